The second kappa shape index (κ2) is 13.1. The highest BCUT2D eigenvalue weighted by Gasteiger charge is 2.14. The van der Waals surface area contributed by atoms with Crippen LogP contribution in [0, 0.1) is 0 Å². The Morgan fingerprint density at radius 1 is 1.16 bits per heavy atom. The fraction of sp³-hybridized carbons (Fsp3) is 0.583. The molecule has 1 aromatic carbocycles. The fourth-order valence-corrected chi connectivity index (χ4v) is 3.78. The van der Waals surface area contributed by atoms with Crippen molar-refractivity contribution in [3.05, 3.63) is 47.3 Å². The van der Waals surface area contributed by atoms with E-state index in [0.717, 1.165) is 68.5 Å². The third kappa shape index (κ3) is 7.24. The summed E-state index contributed by atoms with van der Waals surface area (Å²) in [5.74, 6) is 2.86. The second-order valence-electron chi connectivity index (χ2n) is 7.92. The molecule has 2 aromatic rings. The van der Waals surface area contributed by atoms with Crippen molar-refractivity contribution in [3.63, 3.8) is 0 Å². The van der Waals surface area contributed by atoms with Gasteiger partial charge in [0.15, 0.2) is 11.7 Å². The van der Waals surface area contributed by atoms with Crippen LogP contribution in [0.3, 0.4) is 0 Å². The second-order valence-corrected chi connectivity index (χ2v) is 7.92. The molecule has 8 nitrogen and oxygen atoms in total. The van der Waals surface area contributed by atoms with Crippen LogP contribution in [-0.4, -0.2) is 62.5 Å². The molecule has 0 bridgehead atoms. The summed E-state index contributed by atoms with van der Waals surface area (Å²) < 4.78 is 17.0. The number of para-hydroxylation sites is 1. The molecule has 0 unspecified atom stereocenters. The largest absolute Gasteiger partial charge is 0.492 e. The molecule has 0 atom stereocenters. The Bertz CT molecular complexity index is 829. The zero-order valence-electron chi connectivity index (χ0n) is 19.6. The van der Waals surface area contributed by atoms with Crippen molar-refractivity contribution in [2.24, 2.45) is 4.99 Å². The summed E-state index contributed by atoms with van der Waals surface area (Å²) in [5, 5.41) is 10.9. The molecule has 32 heavy (non-hydrogen) atoms. The van der Waals surface area contributed by atoms with Crippen LogP contribution in [0.15, 0.2) is 39.8 Å². The lowest BCUT2D eigenvalue weighted by Gasteiger charge is -2.26. The molecule has 0 radical (unpaired) electrons. The highest BCUT2D eigenvalue weighted by atomic mass is 16.5. The van der Waals surface area contributed by atoms with Crippen LogP contribution in [-0.2, 0) is 17.8 Å². The average Bonchev–Trinajstić information content (AvgIpc) is 3.30. The Kier molecular flexibility index (Phi) is 9.84. The van der Waals surface area contributed by atoms with E-state index in [-0.39, 0.29) is 0 Å². The highest BCUT2D eigenvalue weighted by Crippen LogP contribution is 2.22. The molecule has 1 aromatic heterocycles. The number of benzene rings is 1. The van der Waals surface area contributed by atoms with Crippen molar-refractivity contribution in [1.29, 1.82) is 0 Å². The molecule has 1 saturated heterocycles. The summed E-state index contributed by atoms with van der Waals surface area (Å²) in [5.41, 5.74) is 2.12. The van der Waals surface area contributed by atoms with E-state index in [1.807, 2.05) is 24.3 Å². The van der Waals surface area contributed by atoms with Gasteiger partial charge in [0.05, 0.1) is 25.5 Å². The number of rotatable bonds is 11. The Morgan fingerprint density at radius 2 is 1.91 bits per heavy atom. The molecule has 1 fully saturated rings. The zero-order valence-corrected chi connectivity index (χ0v) is 19.6. The molecular weight excluding hydrogens is 406 g/mol. The zero-order chi connectivity index (χ0) is 22.6. The lowest BCUT2D eigenvalue weighted by Crippen LogP contribution is -2.38. The number of aromatic nitrogens is 1. The van der Waals surface area contributed by atoms with Crippen LogP contribution in [0.4, 0.5) is 0 Å². The first kappa shape index (κ1) is 24.1. The molecule has 8 heteroatoms. The summed E-state index contributed by atoms with van der Waals surface area (Å²) in [7, 11) is 1.76. The van der Waals surface area contributed by atoms with Crippen LogP contribution in [0.25, 0.3) is 0 Å². The topological polar surface area (TPSA) is 84.2 Å². The van der Waals surface area contributed by atoms with Gasteiger partial charge in [0.2, 0.25) is 0 Å². The number of nitrogens with one attached hydrogen (secondary N) is 2. The highest BCUT2D eigenvalue weighted by molar-refractivity contribution is 5.79. The first-order valence-electron chi connectivity index (χ1n) is 11.6. The van der Waals surface area contributed by atoms with Crippen LogP contribution in [0.2, 0.25) is 0 Å². The number of aliphatic imine (C=N–C) groups is 1. The summed E-state index contributed by atoms with van der Waals surface area (Å²) >= 11 is 0. The SMILES string of the molecule is CCC(CC)c1cc(CNC(=NC)NCc2ccccc2OCCN2CCOCC2)on1. The third-order valence-electron chi connectivity index (χ3n) is 5.82. The quantitative estimate of drug-likeness (QED) is 0.408. The van der Waals surface area contributed by atoms with Gasteiger partial charge in [-0.1, -0.05) is 37.2 Å². The van der Waals surface area contributed by atoms with Gasteiger partial charge < -0.3 is 24.6 Å². The number of hydrogen-bond donors (Lipinski definition) is 2. The van der Waals surface area contributed by atoms with Crippen molar-refractivity contribution < 1.29 is 14.0 Å². The standard InChI is InChI=1S/C24H37N5O3/c1-4-19(5-2)22-16-21(32-28-22)18-27-24(25-3)26-17-20-8-6-7-9-23(20)31-15-12-29-10-13-30-14-11-29/h6-9,16,19H,4-5,10-15,17-18H2,1-3H3,(H2,25,26,27). The number of guanidine groups is 1. The van der Waals surface area contributed by atoms with Gasteiger partial charge in [0, 0.05) is 50.8 Å². The molecule has 1 aliphatic heterocycles. The Hall–Kier alpha value is -2.58. The van der Waals surface area contributed by atoms with Gasteiger partial charge in [-0.05, 0) is 18.9 Å². The number of morpholine rings is 1. The van der Waals surface area contributed by atoms with E-state index in [1.54, 1.807) is 7.05 Å². The monoisotopic (exact) mass is 443 g/mol. The summed E-state index contributed by atoms with van der Waals surface area (Å²) in [4.78, 5) is 6.69. The van der Waals surface area contributed by atoms with E-state index in [9.17, 15) is 0 Å². The molecular formula is C24H37N5O3. The predicted octanol–water partition coefficient (Wildman–Crippen LogP) is 3.15. The summed E-state index contributed by atoms with van der Waals surface area (Å²) in [6.45, 7) is 10.6. The normalized spacial score (nSPS) is 15.2. The molecule has 1 aliphatic rings. The Labute approximate surface area is 191 Å². The lowest BCUT2D eigenvalue weighted by molar-refractivity contribution is 0.0322. The van der Waals surface area contributed by atoms with Gasteiger partial charge in [-0.15, -0.1) is 0 Å². The van der Waals surface area contributed by atoms with Crippen LogP contribution >= 0.6 is 0 Å². The minimum Gasteiger partial charge on any atom is -0.492 e. The maximum Gasteiger partial charge on any atom is 0.191 e. The van der Waals surface area contributed by atoms with Crippen molar-refractivity contribution in [3.8, 4) is 5.75 Å². The van der Waals surface area contributed by atoms with E-state index in [1.165, 1.54) is 0 Å². The van der Waals surface area contributed by atoms with Gasteiger partial charge in [-0.3, -0.25) is 9.89 Å². The van der Waals surface area contributed by atoms with Crippen molar-refractivity contribution in [2.75, 3.05) is 46.5 Å². The molecule has 0 spiro atoms. The van der Waals surface area contributed by atoms with Gasteiger partial charge in [-0.25, -0.2) is 0 Å². The van der Waals surface area contributed by atoms with Gasteiger partial charge in [0.1, 0.15) is 12.4 Å². The van der Waals surface area contributed by atoms with Crippen molar-refractivity contribution >= 4 is 5.96 Å². The van der Waals surface area contributed by atoms with E-state index in [2.05, 4.69) is 45.6 Å². The van der Waals surface area contributed by atoms with Crippen LogP contribution in [0.1, 0.15) is 49.6 Å². The number of nitrogens with zero attached hydrogens (tertiary/aromatic N) is 3. The first-order chi connectivity index (χ1) is 15.7. The fourth-order valence-electron chi connectivity index (χ4n) is 3.78. The Morgan fingerprint density at radius 3 is 2.66 bits per heavy atom. The smallest absolute Gasteiger partial charge is 0.191 e. The maximum atomic E-state index is 6.08. The molecule has 2 N–H and O–H groups in total. The summed E-state index contributed by atoms with van der Waals surface area (Å²) in [6.07, 6.45) is 2.13. The lowest BCUT2D eigenvalue weighted by atomic mass is 9.99. The molecule has 3 rings (SSSR count). The molecule has 176 valence electrons. The minimum absolute atomic E-state index is 0.449. The summed E-state index contributed by atoms with van der Waals surface area (Å²) in [6, 6.07) is 10.1. The van der Waals surface area contributed by atoms with Gasteiger partial charge in [0.25, 0.3) is 0 Å². The van der Waals surface area contributed by atoms with Gasteiger partial charge in [-0.2, -0.15) is 0 Å². The van der Waals surface area contributed by atoms with Crippen LogP contribution in [0.5, 0.6) is 5.75 Å². The average molecular weight is 444 g/mol. The maximum absolute atomic E-state index is 6.08. The van der Waals surface area contributed by atoms with E-state index >= 15 is 0 Å². The molecule has 0 aliphatic carbocycles. The molecule has 2 heterocycles. The van der Waals surface area contributed by atoms with Crippen LogP contribution < -0.4 is 15.4 Å². The third-order valence-corrected chi connectivity index (χ3v) is 5.82. The van der Waals surface area contributed by atoms with Crippen molar-refractivity contribution in [2.45, 2.75) is 45.7 Å². The van der Waals surface area contributed by atoms with Gasteiger partial charge >= 0.3 is 0 Å². The van der Waals surface area contributed by atoms with Crippen molar-refractivity contribution in [1.82, 2.24) is 20.7 Å². The molecule has 0 saturated carbocycles. The minimum atomic E-state index is 0.449. The predicted molar refractivity (Wildman–Crippen MR) is 126 cm³/mol. The number of hydrogen-bond acceptors (Lipinski definition) is 6. The Balaban J connectivity index is 1.46. The van der Waals surface area contributed by atoms with E-state index in [4.69, 9.17) is 14.0 Å². The first-order valence-corrected chi connectivity index (χ1v) is 11.6. The van der Waals surface area contributed by atoms with E-state index in [0.29, 0.717) is 31.6 Å². The van der Waals surface area contributed by atoms with E-state index < -0.39 is 0 Å². The molecule has 0 amide bonds. The number of ether oxygens (including phenoxy) is 2.